The summed E-state index contributed by atoms with van der Waals surface area (Å²) in [6, 6.07) is 2.99. The Labute approximate surface area is 128 Å². The Morgan fingerprint density at radius 3 is 2.39 bits per heavy atom. The second-order valence-corrected chi connectivity index (χ2v) is 4.49. The van der Waals surface area contributed by atoms with E-state index in [4.69, 9.17) is 5.11 Å². The maximum absolute atomic E-state index is 12.5. The van der Waals surface area contributed by atoms with Crippen LogP contribution in [0.5, 0.6) is 0 Å². The molecule has 0 bridgehead atoms. The minimum Gasteiger partial charge on any atom is -0.478 e. The van der Waals surface area contributed by atoms with Crippen molar-refractivity contribution in [3.05, 3.63) is 53.6 Å². The minimum absolute atomic E-state index is 0.0670. The molecule has 0 atom stereocenters. The molecule has 0 aromatic carbocycles. The third kappa shape index (κ3) is 3.44. The molecule has 2 aromatic heterocycles. The van der Waals surface area contributed by atoms with Crippen molar-refractivity contribution in [1.82, 2.24) is 9.97 Å². The second kappa shape index (κ2) is 6.03. The van der Waals surface area contributed by atoms with Crippen LogP contribution in [0.2, 0.25) is 0 Å². The number of alkyl halides is 3. The van der Waals surface area contributed by atoms with Gasteiger partial charge in [0.15, 0.2) is 0 Å². The van der Waals surface area contributed by atoms with Crippen LogP contribution < -0.4 is 4.90 Å². The molecule has 0 unspecified atom stereocenters. The number of rotatable bonds is 3. The lowest BCUT2D eigenvalue weighted by atomic mass is 10.2. The number of hydrogen-bond donors (Lipinski definition) is 1. The van der Waals surface area contributed by atoms with Crippen molar-refractivity contribution in [3.63, 3.8) is 0 Å². The summed E-state index contributed by atoms with van der Waals surface area (Å²) in [5.41, 5.74) is -1.36. The summed E-state index contributed by atoms with van der Waals surface area (Å²) in [5.74, 6) is -1.97. The van der Waals surface area contributed by atoms with E-state index in [1.165, 1.54) is 19.3 Å². The molecule has 2 rings (SSSR count). The molecule has 0 radical (unpaired) electrons. The highest BCUT2D eigenvalue weighted by Gasteiger charge is 2.32. The molecule has 0 aliphatic heterocycles. The SMILES string of the molecule is CN(C(=O)c1ccc(C(F)(F)F)nc1)c1ccncc1C(=O)O. The number of pyridine rings is 2. The summed E-state index contributed by atoms with van der Waals surface area (Å²) >= 11 is 0. The van der Waals surface area contributed by atoms with Gasteiger partial charge in [0.05, 0.1) is 11.3 Å². The van der Waals surface area contributed by atoms with E-state index in [0.717, 1.165) is 23.4 Å². The molecule has 1 N–H and O–H groups in total. The second-order valence-electron chi connectivity index (χ2n) is 4.49. The van der Waals surface area contributed by atoms with E-state index in [0.29, 0.717) is 6.07 Å². The van der Waals surface area contributed by atoms with E-state index >= 15 is 0 Å². The van der Waals surface area contributed by atoms with Gasteiger partial charge in [-0.15, -0.1) is 0 Å². The number of nitrogens with zero attached hydrogens (tertiary/aromatic N) is 3. The van der Waals surface area contributed by atoms with Crippen molar-refractivity contribution >= 4 is 17.6 Å². The standard InChI is InChI=1S/C14H10F3N3O3/c1-20(10-4-5-18-7-9(10)13(22)23)12(21)8-2-3-11(19-6-8)14(15,16)17/h2-7H,1H3,(H,22,23). The fraction of sp³-hybridized carbons (Fsp3) is 0.143. The van der Waals surface area contributed by atoms with Gasteiger partial charge in [0, 0.05) is 25.6 Å². The molecule has 9 heteroatoms. The summed E-state index contributed by atoms with van der Waals surface area (Å²) in [5, 5.41) is 9.08. The number of aromatic nitrogens is 2. The number of halogens is 3. The Hall–Kier alpha value is -2.97. The van der Waals surface area contributed by atoms with Gasteiger partial charge in [-0.1, -0.05) is 0 Å². The van der Waals surface area contributed by atoms with Gasteiger partial charge >= 0.3 is 12.1 Å². The third-order valence-corrected chi connectivity index (χ3v) is 3.00. The number of carbonyl (C=O) groups is 2. The molecule has 0 saturated heterocycles. The highest BCUT2D eigenvalue weighted by molar-refractivity contribution is 6.08. The van der Waals surface area contributed by atoms with E-state index in [1.54, 1.807) is 0 Å². The highest BCUT2D eigenvalue weighted by atomic mass is 19.4. The Morgan fingerprint density at radius 1 is 1.17 bits per heavy atom. The number of carboxylic acids is 1. The predicted octanol–water partition coefficient (Wildman–Crippen LogP) is 2.47. The van der Waals surface area contributed by atoms with E-state index in [1.807, 2.05) is 0 Å². The van der Waals surface area contributed by atoms with Gasteiger partial charge in [0.25, 0.3) is 5.91 Å². The van der Waals surface area contributed by atoms with Crippen LogP contribution in [-0.2, 0) is 6.18 Å². The van der Waals surface area contributed by atoms with E-state index in [9.17, 15) is 22.8 Å². The van der Waals surface area contributed by atoms with Crippen LogP contribution in [0.1, 0.15) is 26.4 Å². The quantitative estimate of drug-likeness (QED) is 0.937. The van der Waals surface area contributed by atoms with E-state index in [-0.39, 0.29) is 16.8 Å². The van der Waals surface area contributed by atoms with Gasteiger partial charge in [-0.05, 0) is 18.2 Å². The lowest BCUT2D eigenvalue weighted by Crippen LogP contribution is -2.28. The monoisotopic (exact) mass is 325 g/mol. The van der Waals surface area contributed by atoms with Crippen LogP contribution in [0.15, 0.2) is 36.8 Å². The van der Waals surface area contributed by atoms with Crippen LogP contribution in [0.4, 0.5) is 18.9 Å². The predicted molar refractivity (Wildman–Crippen MR) is 73.2 cm³/mol. The third-order valence-electron chi connectivity index (χ3n) is 3.00. The van der Waals surface area contributed by atoms with Gasteiger partial charge in [-0.2, -0.15) is 13.2 Å². The van der Waals surface area contributed by atoms with E-state index in [2.05, 4.69) is 9.97 Å². The average molecular weight is 325 g/mol. The summed E-state index contributed by atoms with van der Waals surface area (Å²) < 4.78 is 37.4. The molecule has 0 aliphatic carbocycles. The van der Waals surface area contributed by atoms with Gasteiger partial charge in [0.1, 0.15) is 11.3 Å². The molecular weight excluding hydrogens is 315 g/mol. The first kappa shape index (κ1) is 16.4. The average Bonchev–Trinajstić information content (AvgIpc) is 2.52. The summed E-state index contributed by atoms with van der Waals surface area (Å²) in [6.07, 6.45) is -1.43. The lowest BCUT2D eigenvalue weighted by Gasteiger charge is -2.19. The molecule has 0 fully saturated rings. The zero-order chi connectivity index (χ0) is 17.2. The first-order valence-corrected chi connectivity index (χ1v) is 6.20. The molecule has 23 heavy (non-hydrogen) atoms. The molecular formula is C14H10F3N3O3. The summed E-state index contributed by atoms with van der Waals surface area (Å²) in [6.45, 7) is 0. The van der Waals surface area contributed by atoms with Crippen LogP contribution in [-0.4, -0.2) is 34.0 Å². The molecule has 0 aliphatic rings. The largest absolute Gasteiger partial charge is 0.478 e. The maximum atomic E-state index is 12.5. The van der Waals surface area contributed by atoms with Gasteiger partial charge < -0.3 is 10.0 Å². The van der Waals surface area contributed by atoms with Crippen LogP contribution in [0.25, 0.3) is 0 Å². The van der Waals surface area contributed by atoms with Crippen molar-refractivity contribution < 1.29 is 27.9 Å². The molecule has 6 nitrogen and oxygen atoms in total. The Morgan fingerprint density at radius 2 is 1.87 bits per heavy atom. The van der Waals surface area contributed by atoms with Crippen molar-refractivity contribution in [2.75, 3.05) is 11.9 Å². The normalized spacial score (nSPS) is 11.1. The number of hydrogen-bond acceptors (Lipinski definition) is 4. The summed E-state index contributed by atoms with van der Waals surface area (Å²) in [4.78, 5) is 31.3. The van der Waals surface area contributed by atoms with Crippen molar-refractivity contribution in [1.29, 1.82) is 0 Å². The van der Waals surface area contributed by atoms with E-state index < -0.39 is 23.7 Å². The number of carbonyl (C=O) groups excluding carboxylic acids is 1. The molecule has 2 heterocycles. The topological polar surface area (TPSA) is 83.4 Å². The Balaban J connectivity index is 2.32. The molecule has 0 saturated carbocycles. The molecule has 120 valence electrons. The van der Waals surface area contributed by atoms with Crippen LogP contribution in [0.3, 0.4) is 0 Å². The maximum Gasteiger partial charge on any atom is 0.433 e. The first-order chi connectivity index (χ1) is 10.7. The fourth-order valence-corrected chi connectivity index (χ4v) is 1.84. The summed E-state index contributed by atoms with van der Waals surface area (Å²) in [7, 11) is 1.31. The highest BCUT2D eigenvalue weighted by Crippen LogP contribution is 2.27. The van der Waals surface area contributed by atoms with Crippen molar-refractivity contribution in [3.8, 4) is 0 Å². The first-order valence-electron chi connectivity index (χ1n) is 6.20. The van der Waals surface area contributed by atoms with Gasteiger partial charge in [-0.3, -0.25) is 14.8 Å². The van der Waals surface area contributed by atoms with Gasteiger partial charge in [-0.25, -0.2) is 4.79 Å². The smallest absolute Gasteiger partial charge is 0.433 e. The van der Waals surface area contributed by atoms with Crippen LogP contribution >= 0.6 is 0 Å². The molecule has 2 aromatic rings. The Bertz CT molecular complexity index is 745. The van der Waals surface area contributed by atoms with Crippen LogP contribution in [0, 0.1) is 0 Å². The van der Waals surface area contributed by atoms with Crippen molar-refractivity contribution in [2.45, 2.75) is 6.18 Å². The molecule has 1 amide bonds. The van der Waals surface area contributed by atoms with Crippen molar-refractivity contribution in [2.24, 2.45) is 0 Å². The number of anilines is 1. The fourth-order valence-electron chi connectivity index (χ4n) is 1.84. The van der Waals surface area contributed by atoms with Gasteiger partial charge in [0.2, 0.25) is 0 Å². The minimum atomic E-state index is -4.60. The number of amides is 1. The zero-order valence-corrected chi connectivity index (χ0v) is 11.7. The lowest BCUT2D eigenvalue weighted by molar-refractivity contribution is -0.141. The Kier molecular flexibility index (Phi) is 4.30. The zero-order valence-electron chi connectivity index (χ0n) is 11.7. The molecule has 0 spiro atoms. The number of carboxylic acid groups (broad SMARTS) is 1. The number of aromatic carboxylic acids is 1.